The number of nitrogens with zero attached hydrogens (tertiary/aromatic N) is 2. The van der Waals surface area contributed by atoms with E-state index in [1.165, 1.54) is 6.42 Å². The lowest BCUT2D eigenvalue weighted by atomic mass is 10.3. The number of amidine groups is 1. The number of nitrogens with two attached hydrogens (primary N) is 1. The largest absolute Gasteiger partial charge is 0.320 e. The van der Waals surface area contributed by atoms with E-state index in [2.05, 4.69) is 5.01 Å². The predicted octanol–water partition coefficient (Wildman–Crippen LogP) is -0.773. The van der Waals surface area contributed by atoms with Crippen molar-refractivity contribution in [2.24, 2.45) is 5.73 Å². The summed E-state index contributed by atoms with van der Waals surface area (Å²) < 4.78 is 0. The zero-order chi connectivity index (χ0) is 7.14. The minimum atomic E-state index is -0.0414. The minimum absolute atomic E-state index is 0.0414. The summed E-state index contributed by atoms with van der Waals surface area (Å²) in [5.74, 6) is 0.595. The van der Waals surface area contributed by atoms with Gasteiger partial charge in [-0.05, 0) is 6.42 Å². The molecule has 3 N–H and O–H groups in total. The van der Waals surface area contributed by atoms with Crippen LogP contribution in [0.5, 0.6) is 0 Å². The number of hydrogen-bond acceptors (Lipinski definition) is 3. The van der Waals surface area contributed by atoms with Gasteiger partial charge in [0.2, 0.25) is 0 Å². The van der Waals surface area contributed by atoms with E-state index in [1.807, 2.05) is 5.01 Å². The van der Waals surface area contributed by atoms with E-state index in [4.69, 9.17) is 11.1 Å². The molecule has 0 aromatic rings. The molecule has 2 fully saturated rings. The summed E-state index contributed by atoms with van der Waals surface area (Å²) in [6.07, 6.45) is 1.18. The number of hydrogen-bond donors (Lipinski definition) is 2. The zero-order valence-electron chi connectivity index (χ0n) is 5.88. The first-order valence-corrected chi connectivity index (χ1v) is 3.65. The predicted molar refractivity (Wildman–Crippen MR) is 38.6 cm³/mol. The van der Waals surface area contributed by atoms with Gasteiger partial charge in [-0.15, -0.1) is 0 Å². The summed E-state index contributed by atoms with van der Waals surface area (Å²) in [6, 6.07) is -0.0414. The van der Waals surface area contributed by atoms with Crippen LogP contribution in [0.3, 0.4) is 0 Å². The first-order valence-electron chi connectivity index (χ1n) is 3.65. The number of fused-ring (bicyclic) bond motifs is 1. The maximum atomic E-state index is 7.54. The highest BCUT2D eigenvalue weighted by atomic mass is 15.7. The fraction of sp³-hybridized carbons (Fsp3) is 0.833. The molecule has 2 aliphatic rings. The van der Waals surface area contributed by atoms with Gasteiger partial charge >= 0.3 is 0 Å². The van der Waals surface area contributed by atoms with Gasteiger partial charge in [0.25, 0.3) is 0 Å². The highest BCUT2D eigenvalue weighted by Crippen LogP contribution is 2.17. The first kappa shape index (κ1) is 6.12. The highest BCUT2D eigenvalue weighted by Gasteiger charge is 2.35. The molecule has 0 saturated carbocycles. The molecule has 2 saturated heterocycles. The van der Waals surface area contributed by atoms with Crippen LogP contribution in [-0.4, -0.2) is 41.5 Å². The first-order chi connectivity index (χ1) is 4.79. The molecule has 0 spiro atoms. The lowest BCUT2D eigenvalue weighted by Gasteiger charge is -2.18. The summed E-state index contributed by atoms with van der Waals surface area (Å²) in [5.41, 5.74) is 5.66. The topological polar surface area (TPSA) is 56.4 Å². The third-order valence-corrected chi connectivity index (χ3v) is 2.16. The van der Waals surface area contributed by atoms with Crippen molar-refractivity contribution in [2.45, 2.75) is 12.5 Å². The maximum Gasteiger partial charge on any atom is 0.129 e. The summed E-state index contributed by atoms with van der Waals surface area (Å²) in [7, 11) is 0. The standard InChI is InChI=1S/C6H12N4/c7-5-4-9-2-1-3-10(9)6(5)8/h5,8H,1-4,7H2. The molecule has 2 aliphatic heterocycles. The maximum absolute atomic E-state index is 7.54. The number of nitrogens with one attached hydrogen (secondary N) is 1. The Morgan fingerprint density at radius 3 is 3.00 bits per heavy atom. The third kappa shape index (κ3) is 0.660. The van der Waals surface area contributed by atoms with Crippen LogP contribution in [0.2, 0.25) is 0 Å². The lowest BCUT2D eigenvalue weighted by Crippen LogP contribution is -2.34. The molecule has 4 heteroatoms. The van der Waals surface area contributed by atoms with Crippen LogP contribution in [0.15, 0.2) is 0 Å². The van der Waals surface area contributed by atoms with Crippen LogP contribution in [0.25, 0.3) is 0 Å². The van der Waals surface area contributed by atoms with E-state index in [9.17, 15) is 0 Å². The van der Waals surface area contributed by atoms with E-state index in [0.717, 1.165) is 19.6 Å². The fourth-order valence-electron chi connectivity index (χ4n) is 1.63. The van der Waals surface area contributed by atoms with Crippen molar-refractivity contribution in [1.82, 2.24) is 10.0 Å². The second-order valence-corrected chi connectivity index (χ2v) is 2.88. The second kappa shape index (κ2) is 1.93. The van der Waals surface area contributed by atoms with Crippen LogP contribution in [0.4, 0.5) is 0 Å². The van der Waals surface area contributed by atoms with E-state index in [0.29, 0.717) is 5.84 Å². The normalized spacial score (nSPS) is 33.5. The zero-order valence-corrected chi connectivity index (χ0v) is 5.88. The van der Waals surface area contributed by atoms with Crippen molar-refractivity contribution in [2.75, 3.05) is 19.6 Å². The molecule has 0 aromatic heterocycles. The van der Waals surface area contributed by atoms with Crippen molar-refractivity contribution < 1.29 is 0 Å². The smallest absolute Gasteiger partial charge is 0.129 e. The molecule has 1 unspecified atom stereocenters. The van der Waals surface area contributed by atoms with E-state index >= 15 is 0 Å². The molecule has 0 amide bonds. The molecule has 56 valence electrons. The minimum Gasteiger partial charge on any atom is -0.320 e. The molecule has 0 aromatic carbocycles. The van der Waals surface area contributed by atoms with E-state index in [1.54, 1.807) is 0 Å². The van der Waals surface area contributed by atoms with Crippen molar-refractivity contribution in [1.29, 1.82) is 5.41 Å². The molecule has 1 atom stereocenters. The Morgan fingerprint density at radius 1 is 1.50 bits per heavy atom. The molecular formula is C6H12N4. The van der Waals surface area contributed by atoms with Crippen LogP contribution in [-0.2, 0) is 0 Å². The third-order valence-electron chi connectivity index (χ3n) is 2.16. The van der Waals surface area contributed by atoms with Gasteiger partial charge < -0.3 is 5.73 Å². The average Bonchev–Trinajstić information content (AvgIpc) is 2.41. The van der Waals surface area contributed by atoms with Gasteiger partial charge in [0.1, 0.15) is 5.84 Å². The summed E-state index contributed by atoms with van der Waals surface area (Å²) in [5, 5.41) is 11.7. The number of rotatable bonds is 0. The second-order valence-electron chi connectivity index (χ2n) is 2.88. The Morgan fingerprint density at radius 2 is 2.30 bits per heavy atom. The van der Waals surface area contributed by atoms with Crippen LogP contribution in [0.1, 0.15) is 6.42 Å². The van der Waals surface area contributed by atoms with Crippen molar-refractivity contribution in [3.05, 3.63) is 0 Å². The van der Waals surface area contributed by atoms with Crippen molar-refractivity contribution in [3.8, 4) is 0 Å². The molecule has 2 rings (SSSR count). The summed E-state index contributed by atoms with van der Waals surface area (Å²) in [4.78, 5) is 0. The van der Waals surface area contributed by atoms with Crippen molar-refractivity contribution in [3.63, 3.8) is 0 Å². The van der Waals surface area contributed by atoms with Gasteiger partial charge in [-0.2, -0.15) is 0 Å². The average molecular weight is 140 g/mol. The Balaban J connectivity index is 2.17. The Labute approximate surface area is 60.1 Å². The van der Waals surface area contributed by atoms with Crippen LogP contribution in [0, 0.1) is 5.41 Å². The van der Waals surface area contributed by atoms with Crippen LogP contribution < -0.4 is 5.73 Å². The SMILES string of the molecule is N=C1C(N)CN2CCCN12. The monoisotopic (exact) mass is 140 g/mol. The van der Waals surface area contributed by atoms with Gasteiger partial charge in [-0.1, -0.05) is 0 Å². The van der Waals surface area contributed by atoms with Crippen LogP contribution >= 0.6 is 0 Å². The van der Waals surface area contributed by atoms with E-state index < -0.39 is 0 Å². The van der Waals surface area contributed by atoms with Gasteiger partial charge in [-0.3, -0.25) is 10.4 Å². The Hall–Kier alpha value is -0.610. The van der Waals surface area contributed by atoms with Gasteiger partial charge in [0.15, 0.2) is 0 Å². The van der Waals surface area contributed by atoms with Gasteiger partial charge in [0, 0.05) is 19.6 Å². The highest BCUT2D eigenvalue weighted by molar-refractivity contribution is 5.86. The summed E-state index contributed by atoms with van der Waals surface area (Å²) >= 11 is 0. The molecule has 0 aliphatic carbocycles. The fourth-order valence-corrected chi connectivity index (χ4v) is 1.63. The molecule has 2 heterocycles. The van der Waals surface area contributed by atoms with E-state index in [-0.39, 0.29) is 6.04 Å². The molecule has 0 radical (unpaired) electrons. The molecule has 4 nitrogen and oxygen atoms in total. The Bertz CT molecular complexity index is 167. The van der Waals surface area contributed by atoms with Crippen molar-refractivity contribution >= 4 is 5.84 Å². The Kier molecular flexibility index (Phi) is 1.18. The molecule has 10 heavy (non-hydrogen) atoms. The molecule has 0 bridgehead atoms. The van der Waals surface area contributed by atoms with Gasteiger partial charge in [0.05, 0.1) is 6.04 Å². The molecular weight excluding hydrogens is 128 g/mol. The quantitative estimate of drug-likeness (QED) is 0.464. The summed E-state index contributed by atoms with van der Waals surface area (Å²) in [6.45, 7) is 2.92. The lowest BCUT2D eigenvalue weighted by molar-refractivity contribution is 0.140. The van der Waals surface area contributed by atoms with Gasteiger partial charge in [-0.25, -0.2) is 5.01 Å². The number of hydrazine groups is 1.